The molecule has 0 aromatic rings. The summed E-state index contributed by atoms with van der Waals surface area (Å²) in [5.74, 6) is -0.337. The van der Waals surface area contributed by atoms with Crippen molar-refractivity contribution in [3.8, 4) is 0 Å². The van der Waals surface area contributed by atoms with Crippen molar-refractivity contribution in [2.75, 3.05) is 13.7 Å². The second-order valence-corrected chi connectivity index (χ2v) is 2.62. The van der Waals surface area contributed by atoms with E-state index in [2.05, 4.69) is 10.1 Å². The zero-order valence-corrected chi connectivity index (χ0v) is 6.42. The summed E-state index contributed by atoms with van der Waals surface area (Å²) in [7, 11) is 1.33. The zero-order chi connectivity index (χ0) is 8.32. The van der Waals surface area contributed by atoms with Gasteiger partial charge in [0.1, 0.15) is 11.8 Å². The molecule has 0 aromatic heterocycles. The fourth-order valence-corrected chi connectivity index (χ4v) is 1.20. The van der Waals surface area contributed by atoms with Crippen molar-refractivity contribution in [3.63, 3.8) is 0 Å². The number of aldehydes is 1. The molecule has 1 rings (SSSR count). The molecule has 0 radical (unpaired) electrons. The van der Waals surface area contributed by atoms with Gasteiger partial charge in [-0.1, -0.05) is 0 Å². The minimum atomic E-state index is -0.698. The summed E-state index contributed by atoms with van der Waals surface area (Å²) in [5.41, 5.74) is -0.698. The maximum absolute atomic E-state index is 11.1. The third-order valence-electron chi connectivity index (χ3n) is 2.02. The molecule has 1 fully saturated rings. The van der Waals surface area contributed by atoms with Crippen LogP contribution in [0, 0.1) is 0 Å². The van der Waals surface area contributed by atoms with Crippen LogP contribution in [-0.2, 0) is 14.3 Å². The van der Waals surface area contributed by atoms with Crippen molar-refractivity contribution in [1.82, 2.24) is 5.32 Å². The normalized spacial score (nSPS) is 28.8. The van der Waals surface area contributed by atoms with Gasteiger partial charge < -0.3 is 14.8 Å². The molecule has 1 heterocycles. The molecule has 1 N–H and O–H groups in total. The van der Waals surface area contributed by atoms with Gasteiger partial charge in [0.2, 0.25) is 0 Å². The third kappa shape index (κ3) is 1.26. The Bertz CT molecular complexity index is 175. The molecule has 1 saturated heterocycles. The molecule has 1 aliphatic heterocycles. The maximum Gasteiger partial charge on any atom is 0.326 e. The van der Waals surface area contributed by atoms with Crippen molar-refractivity contribution in [3.05, 3.63) is 0 Å². The summed E-state index contributed by atoms with van der Waals surface area (Å²) in [5, 5.41) is 2.90. The van der Waals surface area contributed by atoms with Gasteiger partial charge in [-0.15, -0.1) is 0 Å². The summed E-state index contributed by atoms with van der Waals surface area (Å²) in [6.45, 7) is 0.781. The van der Waals surface area contributed by atoms with Crippen molar-refractivity contribution in [2.45, 2.75) is 18.4 Å². The van der Waals surface area contributed by atoms with Crippen LogP contribution in [0.4, 0.5) is 0 Å². The van der Waals surface area contributed by atoms with Gasteiger partial charge in [0, 0.05) is 6.42 Å². The number of nitrogens with one attached hydrogen (secondary N) is 1. The average Bonchev–Trinajstić information content (AvgIpc) is 1.95. The highest BCUT2D eigenvalue weighted by molar-refractivity contribution is 5.85. The van der Waals surface area contributed by atoms with Crippen LogP contribution in [0.25, 0.3) is 0 Å². The monoisotopic (exact) mass is 157 g/mol. The van der Waals surface area contributed by atoms with Crippen molar-refractivity contribution < 1.29 is 14.3 Å². The van der Waals surface area contributed by atoms with E-state index in [1.54, 1.807) is 0 Å². The third-order valence-corrected chi connectivity index (χ3v) is 2.02. The van der Waals surface area contributed by atoms with Gasteiger partial charge in [-0.3, -0.25) is 4.79 Å². The smallest absolute Gasteiger partial charge is 0.326 e. The van der Waals surface area contributed by atoms with E-state index in [-0.39, 0.29) is 12.4 Å². The number of hydrogen-bond acceptors (Lipinski definition) is 4. The summed E-state index contributed by atoms with van der Waals surface area (Å²) in [4.78, 5) is 21.2. The Labute approximate surface area is 64.9 Å². The number of ether oxygens (including phenoxy) is 1. The first-order valence-electron chi connectivity index (χ1n) is 3.52. The summed E-state index contributed by atoms with van der Waals surface area (Å²) in [6.07, 6.45) is 1.64. The zero-order valence-electron chi connectivity index (χ0n) is 6.42. The Balaban J connectivity index is 2.59. The molecule has 1 aliphatic rings. The van der Waals surface area contributed by atoms with Crippen molar-refractivity contribution in [1.29, 1.82) is 0 Å². The lowest BCUT2D eigenvalue weighted by Gasteiger charge is -2.38. The lowest BCUT2D eigenvalue weighted by Crippen LogP contribution is -2.62. The Morgan fingerprint density at radius 1 is 1.82 bits per heavy atom. The SMILES string of the molecule is COC(=O)C1(CC=O)CCN1. The van der Waals surface area contributed by atoms with E-state index in [1.807, 2.05) is 0 Å². The van der Waals surface area contributed by atoms with Gasteiger partial charge in [0.15, 0.2) is 0 Å². The van der Waals surface area contributed by atoms with E-state index in [4.69, 9.17) is 0 Å². The molecule has 4 heteroatoms. The average molecular weight is 157 g/mol. The molecule has 0 aliphatic carbocycles. The molecule has 1 unspecified atom stereocenters. The number of methoxy groups -OCH3 is 1. The minimum absolute atomic E-state index is 0.208. The van der Waals surface area contributed by atoms with Gasteiger partial charge in [-0.05, 0) is 13.0 Å². The highest BCUT2D eigenvalue weighted by Crippen LogP contribution is 2.23. The number of carbonyl (C=O) groups excluding carboxylic acids is 2. The molecule has 4 nitrogen and oxygen atoms in total. The summed E-state index contributed by atoms with van der Waals surface area (Å²) >= 11 is 0. The van der Waals surface area contributed by atoms with Crippen molar-refractivity contribution in [2.24, 2.45) is 0 Å². The van der Waals surface area contributed by atoms with E-state index < -0.39 is 5.54 Å². The van der Waals surface area contributed by atoms with Crippen LogP contribution in [0.5, 0.6) is 0 Å². The first-order valence-corrected chi connectivity index (χ1v) is 3.52. The van der Waals surface area contributed by atoms with Gasteiger partial charge in [0.25, 0.3) is 0 Å². The van der Waals surface area contributed by atoms with Crippen LogP contribution in [0.2, 0.25) is 0 Å². The predicted molar refractivity (Wildman–Crippen MR) is 38.0 cm³/mol. The van der Waals surface area contributed by atoms with Crippen LogP contribution in [0.3, 0.4) is 0 Å². The van der Waals surface area contributed by atoms with Crippen LogP contribution >= 0.6 is 0 Å². The molecule has 0 spiro atoms. The van der Waals surface area contributed by atoms with Gasteiger partial charge in [-0.25, -0.2) is 0 Å². The fraction of sp³-hybridized carbons (Fsp3) is 0.714. The molecule has 62 valence electrons. The lowest BCUT2D eigenvalue weighted by molar-refractivity contribution is -0.153. The van der Waals surface area contributed by atoms with Gasteiger partial charge >= 0.3 is 5.97 Å². The lowest BCUT2D eigenvalue weighted by atomic mass is 9.85. The van der Waals surface area contributed by atoms with E-state index in [0.717, 1.165) is 12.8 Å². The summed E-state index contributed by atoms with van der Waals surface area (Å²) < 4.78 is 4.55. The standard InChI is InChI=1S/C7H11NO3/c1-11-6(10)7(3-5-9)2-4-8-7/h5,8H,2-4H2,1H3. The van der Waals surface area contributed by atoms with Crippen LogP contribution in [-0.4, -0.2) is 31.4 Å². The summed E-state index contributed by atoms with van der Waals surface area (Å²) in [6, 6.07) is 0. The Morgan fingerprint density at radius 2 is 2.45 bits per heavy atom. The number of hydrogen-bond donors (Lipinski definition) is 1. The molecule has 0 saturated carbocycles. The molecule has 0 amide bonds. The van der Waals surface area contributed by atoms with E-state index in [9.17, 15) is 9.59 Å². The Kier molecular flexibility index (Phi) is 2.24. The molecule has 11 heavy (non-hydrogen) atoms. The van der Waals surface area contributed by atoms with Crippen LogP contribution in [0.1, 0.15) is 12.8 Å². The largest absolute Gasteiger partial charge is 0.468 e. The van der Waals surface area contributed by atoms with Crippen LogP contribution in [0.15, 0.2) is 0 Å². The van der Waals surface area contributed by atoms with E-state index in [1.165, 1.54) is 7.11 Å². The molecular weight excluding hydrogens is 146 g/mol. The Morgan fingerprint density at radius 3 is 2.73 bits per heavy atom. The quantitative estimate of drug-likeness (QED) is 0.442. The first-order chi connectivity index (χ1) is 5.25. The number of rotatable bonds is 3. The molecule has 0 aromatic carbocycles. The molecule has 0 bridgehead atoms. The van der Waals surface area contributed by atoms with Gasteiger partial charge in [-0.2, -0.15) is 0 Å². The fourth-order valence-electron chi connectivity index (χ4n) is 1.20. The Hall–Kier alpha value is -0.900. The molecular formula is C7H11NO3. The van der Waals surface area contributed by atoms with E-state index >= 15 is 0 Å². The second kappa shape index (κ2) is 3.00. The maximum atomic E-state index is 11.1. The molecule has 1 atom stereocenters. The highest BCUT2D eigenvalue weighted by atomic mass is 16.5. The van der Waals surface area contributed by atoms with E-state index in [0.29, 0.717) is 6.42 Å². The highest BCUT2D eigenvalue weighted by Gasteiger charge is 2.44. The van der Waals surface area contributed by atoms with Crippen molar-refractivity contribution >= 4 is 12.3 Å². The second-order valence-electron chi connectivity index (χ2n) is 2.62. The first kappa shape index (κ1) is 8.20. The number of carbonyl (C=O) groups is 2. The number of esters is 1. The topological polar surface area (TPSA) is 55.4 Å². The predicted octanol–water partition coefficient (Wildman–Crippen LogP) is -0.520. The minimum Gasteiger partial charge on any atom is -0.468 e. The van der Waals surface area contributed by atoms with Gasteiger partial charge in [0.05, 0.1) is 7.11 Å². The van der Waals surface area contributed by atoms with Crippen LogP contribution < -0.4 is 5.32 Å².